The van der Waals surface area contributed by atoms with Gasteiger partial charge in [-0.05, 0) is 13.0 Å². The van der Waals surface area contributed by atoms with Crippen LogP contribution in [0.3, 0.4) is 0 Å². The minimum atomic E-state index is -3.50. The first kappa shape index (κ1) is 12.6. The molecule has 2 heterocycles. The van der Waals surface area contributed by atoms with E-state index < -0.39 is 15.9 Å². The lowest BCUT2D eigenvalue weighted by Gasteiger charge is -2.05. The predicted octanol–water partition coefficient (Wildman–Crippen LogP) is -0.519. The van der Waals surface area contributed by atoms with Gasteiger partial charge in [-0.2, -0.15) is 9.67 Å². The van der Waals surface area contributed by atoms with E-state index in [2.05, 4.69) is 20.1 Å². The maximum Gasteiger partial charge on any atom is 0.267 e. The molecule has 2 rings (SSSR count). The van der Waals surface area contributed by atoms with Crippen LogP contribution >= 0.6 is 0 Å². The van der Waals surface area contributed by atoms with E-state index in [0.717, 1.165) is 6.26 Å². The first-order chi connectivity index (χ1) is 8.39. The molecule has 2 aromatic heterocycles. The van der Waals surface area contributed by atoms with Crippen molar-refractivity contribution in [3.8, 4) is 5.95 Å². The van der Waals surface area contributed by atoms with Crippen molar-refractivity contribution >= 4 is 9.84 Å². The van der Waals surface area contributed by atoms with Gasteiger partial charge in [0.05, 0.1) is 6.04 Å². The first-order valence-electron chi connectivity index (χ1n) is 5.09. The average molecular weight is 268 g/mol. The van der Waals surface area contributed by atoms with Crippen molar-refractivity contribution in [2.45, 2.75) is 18.1 Å². The Bertz CT molecular complexity index is 649. The highest BCUT2D eigenvalue weighted by atomic mass is 32.2. The summed E-state index contributed by atoms with van der Waals surface area (Å²) in [6.45, 7) is 1.68. The fraction of sp³-hybridized carbons (Fsp3) is 0.333. The second kappa shape index (κ2) is 4.42. The summed E-state index contributed by atoms with van der Waals surface area (Å²) in [5.74, 6) is 0.522. The summed E-state index contributed by atoms with van der Waals surface area (Å²) in [6, 6.07) is 1.15. The lowest BCUT2D eigenvalue weighted by molar-refractivity contribution is 0.592. The Kier molecular flexibility index (Phi) is 3.09. The molecule has 1 unspecified atom stereocenters. The molecule has 0 radical (unpaired) electrons. The standard InChI is InChI=1S/C9H12N6O2S/c1-6(10)7-13-9(18(2,16)17)14-15(7)8-11-4-3-5-12-8/h3-6H,10H2,1-2H3. The largest absolute Gasteiger partial charge is 0.322 e. The van der Waals surface area contributed by atoms with Crippen LogP contribution in [0.4, 0.5) is 0 Å². The normalized spacial score (nSPS) is 13.5. The zero-order chi connectivity index (χ0) is 13.3. The Morgan fingerprint density at radius 1 is 1.33 bits per heavy atom. The van der Waals surface area contributed by atoms with E-state index in [1.807, 2.05) is 0 Å². The number of sulfone groups is 1. The maximum atomic E-state index is 11.4. The van der Waals surface area contributed by atoms with Crippen LogP contribution in [0.1, 0.15) is 18.8 Å². The number of rotatable bonds is 3. The van der Waals surface area contributed by atoms with Crippen LogP contribution in [0.2, 0.25) is 0 Å². The molecule has 0 saturated carbocycles. The molecule has 0 aliphatic rings. The molecule has 0 bridgehead atoms. The van der Waals surface area contributed by atoms with Crippen molar-refractivity contribution in [3.05, 3.63) is 24.3 Å². The van der Waals surface area contributed by atoms with Crippen LogP contribution in [0, 0.1) is 0 Å². The maximum absolute atomic E-state index is 11.4. The molecule has 96 valence electrons. The minimum Gasteiger partial charge on any atom is -0.322 e. The summed E-state index contributed by atoms with van der Waals surface area (Å²) in [4.78, 5) is 11.9. The lowest BCUT2D eigenvalue weighted by atomic mass is 10.3. The average Bonchev–Trinajstić information content (AvgIpc) is 2.74. The van der Waals surface area contributed by atoms with Crippen molar-refractivity contribution in [1.29, 1.82) is 0 Å². The summed E-state index contributed by atoms with van der Waals surface area (Å²) in [5, 5.41) is 3.60. The molecule has 2 aromatic rings. The van der Waals surface area contributed by atoms with E-state index in [1.54, 1.807) is 13.0 Å². The van der Waals surface area contributed by atoms with Gasteiger partial charge in [0.25, 0.3) is 11.1 Å². The molecule has 0 spiro atoms. The number of hydrogen-bond acceptors (Lipinski definition) is 7. The lowest BCUT2D eigenvalue weighted by Crippen LogP contribution is -2.14. The quantitative estimate of drug-likeness (QED) is 0.795. The van der Waals surface area contributed by atoms with Crippen LogP contribution < -0.4 is 5.73 Å². The van der Waals surface area contributed by atoms with E-state index in [4.69, 9.17) is 5.73 Å². The minimum absolute atomic E-state index is 0.229. The van der Waals surface area contributed by atoms with Crippen LogP contribution in [0.15, 0.2) is 23.6 Å². The van der Waals surface area contributed by atoms with Gasteiger partial charge in [0, 0.05) is 18.6 Å². The molecule has 0 fully saturated rings. The van der Waals surface area contributed by atoms with E-state index >= 15 is 0 Å². The highest BCUT2D eigenvalue weighted by molar-refractivity contribution is 7.90. The fourth-order valence-electron chi connectivity index (χ4n) is 1.30. The van der Waals surface area contributed by atoms with Crippen molar-refractivity contribution in [1.82, 2.24) is 24.7 Å². The third-order valence-electron chi connectivity index (χ3n) is 2.09. The second-order valence-corrected chi connectivity index (χ2v) is 5.68. The number of aromatic nitrogens is 5. The van der Waals surface area contributed by atoms with Crippen LogP contribution in [-0.2, 0) is 9.84 Å². The van der Waals surface area contributed by atoms with E-state index in [0.29, 0.717) is 5.82 Å². The summed E-state index contributed by atoms with van der Waals surface area (Å²) < 4.78 is 24.1. The third kappa shape index (κ3) is 2.36. The Hall–Kier alpha value is -1.87. The van der Waals surface area contributed by atoms with Crippen molar-refractivity contribution in [2.24, 2.45) is 5.73 Å². The summed E-state index contributed by atoms with van der Waals surface area (Å²) in [5.41, 5.74) is 5.73. The van der Waals surface area contributed by atoms with Gasteiger partial charge in [-0.25, -0.2) is 18.4 Å². The molecule has 0 aliphatic carbocycles. The van der Waals surface area contributed by atoms with Crippen molar-refractivity contribution in [2.75, 3.05) is 6.26 Å². The van der Waals surface area contributed by atoms with Gasteiger partial charge < -0.3 is 5.73 Å². The highest BCUT2D eigenvalue weighted by Crippen LogP contribution is 2.13. The zero-order valence-electron chi connectivity index (χ0n) is 9.85. The molecule has 0 amide bonds. The van der Waals surface area contributed by atoms with Crippen LogP contribution in [-0.4, -0.2) is 39.4 Å². The Labute approximate surface area is 104 Å². The Balaban J connectivity index is 2.63. The van der Waals surface area contributed by atoms with E-state index in [9.17, 15) is 8.42 Å². The molecule has 2 N–H and O–H groups in total. The third-order valence-corrected chi connectivity index (χ3v) is 2.93. The topological polar surface area (TPSA) is 117 Å². The first-order valence-corrected chi connectivity index (χ1v) is 6.98. The van der Waals surface area contributed by atoms with E-state index in [1.165, 1.54) is 17.1 Å². The molecule has 0 aromatic carbocycles. The van der Waals surface area contributed by atoms with Crippen molar-refractivity contribution < 1.29 is 8.42 Å². The molecular formula is C9H12N6O2S. The fourth-order valence-corrected chi connectivity index (χ4v) is 1.79. The summed E-state index contributed by atoms with van der Waals surface area (Å²) in [6.07, 6.45) is 4.08. The number of nitrogens with zero attached hydrogens (tertiary/aromatic N) is 5. The zero-order valence-corrected chi connectivity index (χ0v) is 10.7. The molecule has 1 atom stereocenters. The monoisotopic (exact) mass is 268 g/mol. The summed E-state index contributed by atoms with van der Waals surface area (Å²) in [7, 11) is -3.50. The van der Waals surface area contributed by atoms with Crippen LogP contribution in [0.5, 0.6) is 0 Å². The Morgan fingerprint density at radius 2 is 1.94 bits per heavy atom. The SMILES string of the molecule is CC(N)c1nc(S(C)(=O)=O)nn1-c1ncccn1. The molecule has 8 nitrogen and oxygen atoms in total. The smallest absolute Gasteiger partial charge is 0.267 e. The van der Waals surface area contributed by atoms with Gasteiger partial charge in [0.15, 0.2) is 5.82 Å². The highest BCUT2D eigenvalue weighted by Gasteiger charge is 2.21. The number of nitrogens with two attached hydrogens (primary N) is 1. The molecular weight excluding hydrogens is 256 g/mol. The van der Waals surface area contributed by atoms with Gasteiger partial charge in [-0.1, -0.05) is 0 Å². The van der Waals surface area contributed by atoms with Gasteiger partial charge in [-0.3, -0.25) is 0 Å². The van der Waals surface area contributed by atoms with Gasteiger partial charge in [0.2, 0.25) is 9.84 Å². The second-order valence-electron chi connectivity index (χ2n) is 3.77. The van der Waals surface area contributed by atoms with Crippen LogP contribution in [0.25, 0.3) is 5.95 Å². The van der Waals surface area contributed by atoms with Gasteiger partial charge in [0.1, 0.15) is 0 Å². The van der Waals surface area contributed by atoms with Crippen molar-refractivity contribution in [3.63, 3.8) is 0 Å². The summed E-state index contributed by atoms with van der Waals surface area (Å²) >= 11 is 0. The molecule has 9 heteroatoms. The van der Waals surface area contributed by atoms with E-state index in [-0.39, 0.29) is 11.1 Å². The molecule has 0 saturated heterocycles. The van der Waals surface area contributed by atoms with Gasteiger partial charge >= 0.3 is 0 Å². The van der Waals surface area contributed by atoms with Gasteiger partial charge in [-0.15, -0.1) is 5.10 Å². The molecule has 0 aliphatic heterocycles. The predicted molar refractivity (Wildman–Crippen MR) is 62.7 cm³/mol. The Morgan fingerprint density at radius 3 is 2.44 bits per heavy atom. The molecule has 18 heavy (non-hydrogen) atoms. The number of hydrogen-bond donors (Lipinski definition) is 1.